The van der Waals surface area contributed by atoms with Crippen LogP contribution in [0.1, 0.15) is 30.6 Å². The summed E-state index contributed by atoms with van der Waals surface area (Å²) >= 11 is 0. The normalized spacial score (nSPS) is 18.1. The van der Waals surface area contributed by atoms with E-state index in [1.54, 1.807) is 29.3 Å². The Kier molecular flexibility index (Phi) is 5.13. The minimum atomic E-state index is -0.536. The van der Waals surface area contributed by atoms with Gasteiger partial charge in [0, 0.05) is 38.4 Å². The number of aromatic nitrogens is 1. The van der Waals surface area contributed by atoms with Crippen LogP contribution in [0.4, 0.5) is 5.82 Å². The molecule has 29 heavy (non-hydrogen) atoms. The van der Waals surface area contributed by atoms with E-state index in [2.05, 4.69) is 9.88 Å². The lowest BCUT2D eigenvalue weighted by Gasteiger charge is -2.35. The number of nitrogens with zero attached hydrogens (tertiary/aromatic N) is 3. The van der Waals surface area contributed by atoms with Gasteiger partial charge in [0.2, 0.25) is 0 Å². The van der Waals surface area contributed by atoms with Crippen molar-refractivity contribution >= 4 is 17.5 Å². The molecular weight excluding hydrogens is 370 g/mol. The molecule has 1 fully saturated rings. The van der Waals surface area contributed by atoms with Gasteiger partial charge in [0.15, 0.2) is 12.4 Å². The third kappa shape index (κ3) is 4.34. The average Bonchev–Trinajstić information content (AvgIpc) is 2.71. The molecule has 2 aliphatic heterocycles. The van der Waals surface area contributed by atoms with Crippen LogP contribution in [0.25, 0.3) is 0 Å². The lowest BCUT2D eigenvalue weighted by molar-refractivity contribution is -0.133. The zero-order chi connectivity index (χ0) is 20.4. The fourth-order valence-corrected chi connectivity index (χ4v) is 3.68. The summed E-state index contributed by atoms with van der Waals surface area (Å²) in [7, 11) is 0. The number of pyridine rings is 1. The molecule has 0 radical (unpaired) electrons. The SMILES string of the molecule is CC1(C)CC(=O)c2ccc(OCC(=O)N3CCN(c4ccccn4)CC3)cc2O1. The number of amides is 1. The number of carbonyl (C=O) groups excluding carboxylic acids is 2. The van der Waals surface area contributed by atoms with Crippen LogP contribution in [0.15, 0.2) is 42.6 Å². The Morgan fingerprint density at radius 3 is 2.69 bits per heavy atom. The summed E-state index contributed by atoms with van der Waals surface area (Å²) in [5, 5.41) is 0. The summed E-state index contributed by atoms with van der Waals surface area (Å²) in [5.74, 6) is 1.97. The minimum absolute atomic E-state index is 0.0420. The highest BCUT2D eigenvalue weighted by molar-refractivity contribution is 6.00. The molecule has 1 saturated heterocycles. The summed E-state index contributed by atoms with van der Waals surface area (Å²) in [4.78, 5) is 33.1. The number of piperazine rings is 1. The maximum Gasteiger partial charge on any atom is 0.260 e. The Morgan fingerprint density at radius 1 is 1.17 bits per heavy atom. The monoisotopic (exact) mass is 395 g/mol. The number of hydrogen-bond donors (Lipinski definition) is 0. The van der Waals surface area contributed by atoms with Gasteiger partial charge in [-0.1, -0.05) is 6.07 Å². The Morgan fingerprint density at radius 2 is 1.97 bits per heavy atom. The van der Waals surface area contributed by atoms with Crippen LogP contribution < -0.4 is 14.4 Å². The molecule has 7 heteroatoms. The highest BCUT2D eigenvalue weighted by Gasteiger charge is 2.32. The number of fused-ring (bicyclic) bond motifs is 1. The van der Waals surface area contributed by atoms with Gasteiger partial charge < -0.3 is 19.3 Å². The van der Waals surface area contributed by atoms with Crippen LogP contribution in [-0.2, 0) is 4.79 Å². The van der Waals surface area contributed by atoms with Gasteiger partial charge >= 0.3 is 0 Å². The van der Waals surface area contributed by atoms with Gasteiger partial charge in [0.25, 0.3) is 5.91 Å². The molecule has 1 amide bonds. The Balaban J connectivity index is 1.32. The molecule has 0 unspecified atom stereocenters. The average molecular weight is 395 g/mol. The fraction of sp³-hybridized carbons (Fsp3) is 0.409. The lowest BCUT2D eigenvalue weighted by Crippen LogP contribution is -2.50. The number of anilines is 1. The molecule has 0 atom stereocenters. The van der Waals surface area contributed by atoms with E-state index in [9.17, 15) is 9.59 Å². The van der Waals surface area contributed by atoms with Crippen molar-refractivity contribution in [2.75, 3.05) is 37.7 Å². The van der Waals surface area contributed by atoms with E-state index in [1.807, 2.05) is 32.0 Å². The zero-order valence-electron chi connectivity index (χ0n) is 16.8. The van der Waals surface area contributed by atoms with Crippen molar-refractivity contribution in [1.29, 1.82) is 0 Å². The largest absolute Gasteiger partial charge is 0.486 e. The van der Waals surface area contributed by atoms with E-state index in [0.717, 1.165) is 18.9 Å². The lowest BCUT2D eigenvalue weighted by atomic mass is 9.93. The molecule has 1 aromatic carbocycles. The van der Waals surface area contributed by atoms with Crippen molar-refractivity contribution < 1.29 is 19.1 Å². The number of benzene rings is 1. The fourth-order valence-electron chi connectivity index (χ4n) is 3.68. The first-order valence-electron chi connectivity index (χ1n) is 9.84. The second kappa shape index (κ2) is 7.73. The molecule has 0 N–H and O–H groups in total. The maximum absolute atomic E-state index is 12.5. The van der Waals surface area contributed by atoms with Crippen molar-refractivity contribution in [1.82, 2.24) is 9.88 Å². The number of rotatable bonds is 4. The molecule has 0 spiro atoms. The van der Waals surface area contributed by atoms with Gasteiger partial charge in [0.05, 0.1) is 12.0 Å². The molecule has 7 nitrogen and oxygen atoms in total. The Bertz CT molecular complexity index is 906. The van der Waals surface area contributed by atoms with E-state index in [1.165, 1.54) is 0 Å². The van der Waals surface area contributed by atoms with E-state index in [4.69, 9.17) is 9.47 Å². The summed E-state index contributed by atoms with van der Waals surface area (Å²) < 4.78 is 11.6. The van der Waals surface area contributed by atoms with E-state index < -0.39 is 5.60 Å². The molecule has 0 saturated carbocycles. The molecule has 152 valence electrons. The first-order valence-corrected chi connectivity index (χ1v) is 9.84. The van der Waals surface area contributed by atoms with Gasteiger partial charge in [-0.2, -0.15) is 0 Å². The van der Waals surface area contributed by atoms with Crippen molar-refractivity contribution in [3.05, 3.63) is 48.2 Å². The van der Waals surface area contributed by atoms with Crippen LogP contribution in [0, 0.1) is 0 Å². The third-order valence-electron chi connectivity index (χ3n) is 5.19. The smallest absolute Gasteiger partial charge is 0.260 e. The number of Topliss-reactive ketones (excluding diaryl/α,β-unsaturated/α-hetero) is 1. The predicted molar refractivity (Wildman–Crippen MR) is 109 cm³/mol. The number of ketones is 1. The van der Waals surface area contributed by atoms with Gasteiger partial charge in [-0.3, -0.25) is 9.59 Å². The van der Waals surface area contributed by atoms with Gasteiger partial charge in [-0.25, -0.2) is 4.98 Å². The van der Waals surface area contributed by atoms with Crippen LogP contribution in [0.3, 0.4) is 0 Å². The van der Waals surface area contributed by atoms with Crippen molar-refractivity contribution in [2.24, 2.45) is 0 Å². The van der Waals surface area contributed by atoms with Crippen molar-refractivity contribution in [3.8, 4) is 11.5 Å². The summed E-state index contributed by atoms with van der Waals surface area (Å²) in [6.45, 7) is 6.48. The van der Waals surface area contributed by atoms with Crippen molar-refractivity contribution in [2.45, 2.75) is 25.9 Å². The first-order chi connectivity index (χ1) is 13.9. The summed E-state index contributed by atoms with van der Waals surface area (Å²) in [5.41, 5.74) is 0.0277. The molecule has 0 aliphatic carbocycles. The molecule has 4 rings (SSSR count). The van der Waals surface area contributed by atoms with Crippen LogP contribution in [0.2, 0.25) is 0 Å². The van der Waals surface area contributed by atoms with Gasteiger partial charge in [-0.05, 0) is 38.1 Å². The van der Waals surface area contributed by atoms with Crippen LogP contribution in [0.5, 0.6) is 11.5 Å². The molecular formula is C22H25N3O4. The molecule has 3 heterocycles. The van der Waals surface area contributed by atoms with E-state index in [0.29, 0.717) is 36.6 Å². The van der Waals surface area contributed by atoms with Crippen LogP contribution in [-0.4, -0.2) is 60.0 Å². The minimum Gasteiger partial charge on any atom is -0.486 e. The third-order valence-corrected chi connectivity index (χ3v) is 5.19. The molecule has 0 bridgehead atoms. The molecule has 2 aliphatic rings. The quantitative estimate of drug-likeness (QED) is 0.792. The molecule has 2 aromatic rings. The van der Waals surface area contributed by atoms with Crippen molar-refractivity contribution in [3.63, 3.8) is 0 Å². The number of ether oxygens (including phenoxy) is 2. The van der Waals surface area contributed by atoms with E-state index >= 15 is 0 Å². The number of carbonyl (C=O) groups is 2. The summed E-state index contributed by atoms with van der Waals surface area (Å²) in [6, 6.07) is 10.9. The van der Waals surface area contributed by atoms with Gasteiger partial charge in [-0.15, -0.1) is 0 Å². The maximum atomic E-state index is 12.5. The van der Waals surface area contributed by atoms with Gasteiger partial charge in [0.1, 0.15) is 22.9 Å². The second-order valence-corrected chi connectivity index (χ2v) is 7.96. The van der Waals surface area contributed by atoms with Crippen LogP contribution >= 0.6 is 0 Å². The highest BCUT2D eigenvalue weighted by atomic mass is 16.5. The second-order valence-electron chi connectivity index (χ2n) is 7.96. The highest BCUT2D eigenvalue weighted by Crippen LogP contribution is 2.35. The Hall–Kier alpha value is -3.09. The van der Waals surface area contributed by atoms with E-state index in [-0.39, 0.29) is 18.3 Å². The zero-order valence-corrected chi connectivity index (χ0v) is 16.8. The number of hydrogen-bond acceptors (Lipinski definition) is 6. The topological polar surface area (TPSA) is 72.0 Å². The summed E-state index contributed by atoms with van der Waals surface area (Å²) in [6.07, 6.45) is 2.13. The molecule has 1 aromatic heterocycles. The first kappa shape index (κ1) is 19.2. The standard InChI is InChI=1S/C22H25N3O4/c1-22(2)14-18(26)17-7-6-16(13-19(17)29-22)28-15-21(27)25-11-9-24(10-12-25)20-5-3-4-8-23-20/h3-8,13H,9-12,14-15H2,1-2H3. The Labute approximate surface area is 170 Å². The predicted octanol–water partition coefficient (Wildman–Crippen LogP) is 2.55.